The quantitative estimate of drug-likeness (QED) is 0.606. The van der Waals surface area contributed by atoms with Crippen LogP contribution in [-0.4, -0.2) is 39.7 Å². The van der Waals surface area contributed by atoms with E-state index in [1.807, 2.05) is 0 Å². The molecule has 0 aromatic rings. The monoisotopic (exact) mass is 187 g/mol. The van der Waals surface area contributed by atoms with E-state index in [1.165, 1.54) is 12.8 Å². The van der Waals surface area contributed by atoms with Crippen LogP contribution in [-0.2, 0) is 10.8 Å². The van der Waals surface area contributed by atoms with Gasteiger partial charge in [-0.3, -0.25) is 9.11 Å². The van der Waals surface area contributed by atoms with Crippen LogP contribution >= 0.6 is 0 Å². The smallest absolute Gasteiger partial charge is 0.0363 e. The summed E-state index contributed by atoms with van der Waals surface area (Å²) >= 11 is 0. The Kier molecular flexibility index (Phi) is 2.51. The summed E-state index contributed by atoms with van der Waals surface area (Å²) in [6.07, 6.45) is 2.74. The third-order valence-electron chi connectivity index (χ3n) is 3.08. The molecular weight excluding hydrogens is 170 g/mol. The van der Waals surface area contributed by atoms with E-state index in [0.29, 0.717) is 0 Å². The summed E-state index contributed by atoms with van der Waals surface area (Å²) in [5.74, 6) is 2.75. The van der Waals surface area contributed by atoms with Gasteiger partial charge in [-0.2, -0.15) is 0 Å². The second kappa shape index (κ2) is 3.46. The molecule has 0 N–H and O–H groups in total. The molecule has 0 spiro atoms. The van der Waals surface area contributed by atoms with Crippen molar-refractivity contribution in [3.8, 4) is 0 Å². The Hall–Kier alpha value is 0.110. The van der Waals surface area contributed by atoms with Crippen molar-refractivity contribution >= 4 is 10.8 Å². The molecule has 2 fully saturated rings. The van der Waals surface area contributed by atoms with Gasteiger partial charge in [0.15, 0.2) is 0 Å². The Labute approximate surface area is 76.8 Å². The van der Waals surface area contributed by atoms with Crippen LogP contribution in [0.3, 0.4) is 0 Å². The molecule has 2 rings (SSSR count). The minimum atomic E-state index is -0.506. The Morgan fingerprint density at radius 1 is 1.25 bits per heavy atom. The largest absolute Gasteiger partial charge is 0.299 e. The van der Waals surface area contributed by atoms with E-state index in [0.717, 1.165) is 36.6 Å². The molecule has 0 unspecified atom stereocenters. The van der Waals surface area contributed by atoms with Crippen LogP contribution in [0.2, 0.25) is 0 Å². The van der Waals surface area contributed by atoms with Crippen molar-refractivity contribution in [1.82, 2.24) is 4.90 Å². The zero-order valence-corrected chi connectivity index (χ0v) is 8.48. The second-order valence-electron chi connectivity index (χ2n) is 4.11. The summed E-state index contributed by atoms with van der Waals surface area (Å²) in [4.78, 5) is 2.53. The van der Waals surface area contributed by atoms with Gasteiger partial charge in [0.05, 0.1) is 0 Å². The van der Waals surface area contributed by atoms with Gasteiger partial charge in [-0.25, -0.2) is 0 Å². The highest BCUT2D eigenvalue weighted by Crippen LogP contribution is 2.31. The van der Waals surface area contributed by atoms with Crippen LogP contribution in [0.15, 0.2) is 0 Å². The van der Waals surface area contributed by atoms with E-state index in [9.17, 15) is 4.21 Å². The van der Waals surface area contributed by atoms with Crippen LogP contribution in [0.5, 0.6) is 0 Å². The zero-order valence-electron chi connectivity index (χ0n) is 7.66. The van der Waals surface area contributed by atoms with Crippen molar-refractivity contribution in [2.24, 2.45) is 5.92 Å². The highest BCUT2D eigenvalue weighted by Gasteiger charge is 2.31. The number of hydrogen-bond donors (Lipinski definition) is 0. The molecule has 0 atom stereocenters. The highest BCUT2D eigenvalue weighted by atomic mass is 32.2. The van der Waals surface area contributed by atoms with E-state index in [4.69, 9.17) is 0 Å². The fraction of sp³-hybridized carbons (Fsp3) is 1.00. The summed E-state index contributed by atoms with van der Waals surface area (Å²) in [5.41, 5.74) is 0. The lowest BCUT2D eigenvalue weighted by Crippen LogP contribution is -2.49. The molecule has 12 heavy (non-hydrogen) atoms. The average molecular weight is 187 g/mol. The molecular formula is C9H17NOS. The molecule has 1 saturated heterocycles. The average Bonchev–Trinajstić information content (AvgIpc) is 2.01. The van der Waals surface area contributed by atoms with Crippen molar-refractivity contribution in [2.45, 2.75) is 25.8 Å². The number of nitrogens with zero attached hydrogens (tertiary/aromatic N) is 1. The normalized spacial score (nSPS) is 39.4. The van der Waals surface area contributed by atoms with Gasteiger partial charge in [-0.15, -0.1) is 0 Å². The lowest BCUT2D eigenvalue weighted by atomic mass is 9.81. The summed E-state index contributed by atoms with van der Waals surface area (Å²) < 4.78 is 11.1. The van der Waals surface area contributed by atoms with Crippen LogP contribution in [0.25, 0.3) is 0 Å². The fourth-order valence-corrected chi connectivity index (χ4v) is 3.26. The molecule has 1 aliphatic carbocycles. The van der Waals surface area contributed by atoms with Crippen molar-refractivity contribution in [3.05, 3.63) is 0 Å². The molecule has 2 aliphatic rings. The van der Waals surface area contributed by atoms with Gasteiger partial charge in [0, 0.05) is 41.4 Å². The van der Waals surface area contributed by atoms with E-state index in [2.05, 4.69) is 11.8 Å². The molecule has 0 aromatic carbocycles. The first-order valence-electron chi connectivity index (χ1n) is 4.85. The van der Waals surface area contributed by atoms with E-state index < -0.39 is 10.8 Å². The van der Waals surface area contributed by atoms with Crippen LogP contribution in [0.4, 0.5) is 0 Å². The van der Waals surface area contributed by atoms with Gasteiger partial charge < -0.3 is 0 Å². The first kappa shape index (κ1) is 8.70. The number of hydrogen-bond acceptors (Lipinski definition) is 2. The molecule has 0 radical (unpaired) electrons. The van der Waals surface area contributed by atoms with E-state index in [-0.39, 0.29) is 0 Å². The van der Waals surface area contributed by atoms with E-state index in [1.54, 1.807) is 0 Å². The predicted molar refractivity (Wildman–Crippen MR) is 51.6 cm³/mol. The standard InChI is InChI=1S/C9H17NOS/c1-8-6-9(7-8)10-2-4-12(11)5-3-10/h8-9H,2-7H2,1H3. The third kappa shape index (κ3) is 1.72. The number of rotatable bonds is 1. The van der Waals surface area contributed by atoms with Crippen molar-refractivity contribution < 1.29 is 4.21 Å². The lowest BCUT2D eigenvalue weighted by molar-refractivity contribution is 0.0953. The minimum absolute atomic E-state index is 0.506. The lowest BCUT2D eigenvalue weighted by Gasteiger charge is -2.43. The highest BCUT2D eigenvalue weighted by molar-refractivity contribution is 7.85. The molecule has 2 nitrogen and oxygen atoms in total. The van der Waals surface area contributed by atoms with Crippen molar-refractivity contribution in [3.63, 3.8) is 0 Å². The molecule has 0 bridgehead atoms. The molecule has 0 aromatic heterocycles. The molecule has 1 aliphatic heterocycles. The molecule has 70 valence electrons. The maximum Gasteiger partial charge on any atom is 0.0363 e. The molecule has 3 heteroatoms. The minimum Gasteiger partial charge on any atom is -0.299 e. The maximum absolute atomic E-state index is 11.1. The fourth-order valence-electron chi connectivity index (χ4n) is 2.18. The van der Waals surface area contributed by atoms with Gasteiger partial charge in [-0.1, -0.05) is 6.92 Å². The third-order valence-corrected chi connectivity index (χ3v) is 4.35. The summed E-state index contributed by atoms with van der Waals surface area (Å²) in [6, 6.07) is 0.831. The Morgan fingerprint density at radius 2 is 1.83 bits per heavy atom. The van der Waals surface area contributed by atoms with Crippen molar-refractivity contribution in [2.75, 3.05) is 24.6 Å². The topological polar surface area (TPSA) is 20.3 Å². The first-order valence-corrected chi connectivity index (χ1v) is 6.33. The Bertz CT molecular complexity index is 179. The van der Waals surface area contributed by atoms with Crippen LogP contribution in [0, 0.1) is 5.92 Å². The van der Waals surface area contributed by atoms with Crippen LogP contribution < -0.4 is 0 Å². The Morgan fingerprint density at radius 3 is 2.33 bits per heavy atom. The van der Waals surface area contributed by atoms with Gasteiger partial charge in [-0.05, 0) is 18.8 Å². The zero-order chi connectivity index (χ0) is 8.55. The summed E-state index contributed by atoms with van der Waals surface area (Å²) in [7, 11) is -0.506. The predicted octanol–water partition coefficient (Wildman–Crippen LogP) is 0.849. The van der Waals surface area contributed by atoms with Crippen molar-refractivity contribution in [1.29, 1.82) is 0 Å². The maximum atomic E-state index is 11.1. The van der Waals surface area contributed by atoms with Gasteiger partial charge in [0.1, 0.15) is 0 Å². The van der Waals surface area contributed by atoms with E-state index >= 15 is 0 Å². The van der Waals surface area contributed by atoms with Gasteiger partial charge in [0.25, 0.3) is 0 Å². The second-order valence-corrected chi connectivity index (χ2v) is 5.81. The molecule has 0 amide bonds. The first-order chi connectivity index (χ1) is 5.75. The van der Waals surface area contributed by atoms with Gasteiger partial charge >= 0.3 is 0 Å². The Balaban J connectivity index is 1.79. The molecule has 1 heterocycles. The SMILES string of the molecule is CC1CC(N2CCS(=O)CC2)C1. The summed E-state index contributed by atoms with van der Waals surface area (Å²) in [5, 5.41) is 0. The van der Waals surface area contributed by atoms with Crippen LogP contribution in [0.1, 0.15) is 19.8 Å². The molecule has 1 saturated carbocycles. The van der Waals surface area contributed by atoms with Gasteiger partial charge in [0.2, 0.25) is 0 Å². The summed E-state index contributed by atoms with van der Waals surface area (Å²) in [6.45, 7) is 4.46.